The van der Waals surface area contributed by atoms with Crippen molar-refractivity contribution in [2.24, 2.45) is 11.8 Å². The molecule has 0 spiro atoms. The number of hydrogen-bond acceptors (Lipinski definition) is 3. The van der Waals surface area contributed by atoms with Gasteiger partial charge in [0.2, 0.25) is 5.91 Å². The Hall–Kier alpha value is -1.07. The minimum absolute atomic E-state index is 0.0532. The predicted molar refractivity (Wildman–Crippen MR) is 88.7 cm³/mol. The van der Waals surface area contributed by atoms with Crippen molar-refractivity contribution in [2.45, 2.75) is 26.2 Å². The summed E-state index contributed by atoms with van der Waals surface area (Å²) < 4.78 is 6.20. The topological polar surface area (TPSA) is 50.4 Å². The molecule has 1 amide bonds. The number of carbonyl (C=O) groups excluding carboxylic acids is 1. The molecule has 1 aromatic rings. The maximum absolute atomic E-state index is 12.2. The van der Waals surface area contributed by atoms with Gasteiger partial charge in [0.1, 0.15) is 5.75 Å². The van der Waals surface area contributed by atoms with Crippen LogP contribution in [-0.4, -0.2) is 26.1 Å². The molecule has 0 aromatic heterocycles. The van der Waals surface area contributed by atoms with Gasteiger partial charge >= 0.3 is 0 Å². The first-order chi connectivity index (χ1) is 10.1. The van der Waals surface area contributed by atoms with E-state index in [0.717, 1.165) is 36.1 Å². The van der Waals surface area contributed by atoms with Crippen LogP contribution in [0.3, 0.4) is 0 Å². The molecule has 5 heteroatoms. The Morgan fingerprint density at radius 1 is 1.48 bits per heavy atom. The Morgan fingerprint density at radius 2 is 2.19 bits per heavy atom. The third-order valence-corrected chi connectivity index (χ3v) is 4.62. The van der Waals surface area contributed by atoms with Crippen LogP contribution >= 0.6 is 15.9 Å². The lowest BCUT2D eigenvalue weighted by atomic mass is 9.84. The van der Waals surface area contributed by atoms with Crippen LogP contribution in [0.5, 0.6) is 5.75 Å². The molecule has 1 atom stereocenters. The molecular formula is C16H23BrN2O2. The monoisotopic (exact) mass is 354 g/mol. The molecule has 1 fully saturated rings. The quantitative estimate of drug-likeness (QED) is 0.851. The Morgan fingerprint density at radius 3 is 2.86 bits per heavy atom. The van der Waals surface area contributed by atoms with Crippen molar-refractivity contribution in [3.05, 3.63) is 22.7 Å². The lowest BCUT2D eigenvalue weighted by Crippen LogP contribution is -2.32. The van der Waals surface area contributed by atoms with E-state index >= 15 is 0 Å². The Kier molecular flexibility index (Phi) is 6.06. The zero-order valence-electron chi connectivity index (χ0n) is 12.6. The second-order valence-corrected chi connectivity index (χ2v) is 6.58. The van der Waals surface area contributed by atoms with Crippen LogP contribution in [0.15, 0.2) is 22.7 Å². The first kappa shape index (κ1) is 16.3. The molecule has 2 N–H and O–H groups in total. The number of hydrogen-bond donors (Lipinski definition) is 2. The summed E-state index contributed by atoms with van der Waals surface area (Å²) in [6.45, 7) is 4.31. The second kappa shape index (κ2) is 7.80. The van der Waals surface area contributed by atoms with Crippen LogP contribution in [-0.2, 0) is 4.79 Å². The van der Waals surface area contributed by atoms with Crippen molar-refractivity contribution in [1.29, 1.82) is 0 Å². The number of amides is 1. The average Bonchev–Trinajstić information content (AvgIpc) is 2.48. The number of anilines is 1. The molecule has 1 aromatic carbocycles. The van der Waals surface area contributed by atoms with Crippen molar-refractivity contribution in [2.75, 3.05) is 25.5 Å². The summed E-state index contributed by atoms with van der Waals surface area (Å²) in [7, 11) is 1.61. The summed E-state index contributed by atoms with van der Waals surface area (Å²) in [5.74, 6) is 1.78. The molecular weight excluding hydrogens is 332 g/mol. The minimum Gasteiger partial charge on any atom is -0.495 e. The van der Waals surface area contributed by atoms with Crippen molar-refractivity contribution in [3.8, 4) is 5.75 Å². The molecule has 0 aliphatic carbocycles. The molecule has 1 aliphatic rings. The van der Waals surface area contributed by atoms with Gasteiger partial charge in [-0.25, -0.2) is 0 Å². The fourth-order valence-electron chi connectivity index (χ4n) is 2.85. The summed E-state index contributed by atoms with van der Waals surface area (Å²) in [4.78, 5) is 12.2. The summed E-state index contributed by atoms with van der Waals surface area (Å²) >= 11 is 3.42. The van der Waals surface area contributed by atoms with Crippen LogP contribution in [0.2, 0.25) is 0 Å². The van der Waals surface area contributed by atoms with Gasteiger partial charge in [-0.1, -0.05) is 22.9 Å². The molecule has 2 rings (SSSR count). The summed E-state index contributed by atoms with van der Waals surface area (Å²) in [5.41, 5.74) is 0.717. The molecule has 0 saturated carbocycles. The highest BCUT2D eigenvalue weighted by Crippen LogP contribution is 2.29. The highest BCUT2D eigenvalue weighted by Gasteiger charge is 2.22. The van der Waals surface area contributed by atoms with E-state index in [2.05, 4.69) is 33.5 Å². The fraction of sp³-hybridized carbons (Fsp3) is 0.562. The normalized spacial score (nSPS) is 17.3. The average molecular weight is 355 g/mol. The Balaban J connectivity index is 1.93. The van der Waals surface area contributed by atoms with Gasteiger partial charge in [0.25, 0.3) is 0 Å². The van der Waals surface area contributed by atoms with Gasteiger partial charge in [0, 0.05) is 10.9 Å². The Bertz CT molecular complexity index is 487. The first-order valence-electron chi connectivity index (χ1n) is 7.44. The molecule has 1 aliphatic heterocycles. The Labute approximate surface area is 134 Å². The molecule has 1 saturated heterocycles. The number of halogens is 1. The summed E-state index contributed by atoms with van der Waals surface area (Å²) in [6.07, 6.45) is 2.88. The van der Waals surface area contributed by atoms with Gasteiger partial charge in [-0.05, 0) is 56.0 Å². The van der Waals surface area contributed by atoms with Crippen LogP contribution in [0.1, 0.15) is 26.2 Å². The van der Waals surface area contributed by atoms with E-state index in [9.17, 15) is 4.79 Å². The van der Waals surface area contributed by atoms with Gasteiger partial charge in [-0.2, -0.15) is 0 Å². The van der Waals surface area contributed by atoms with Gasteiger partial charge in [0.15, 0.2) is 0 Å². The minimum atomic E-state index is 0.0532. The largest absolute Gasteiger partial charge is 0.495 e. The number of rotatable bonds is 5. The molecule has 4 nitrogen and oxygen atoms in total. The van der Waals surface area contributed by atoms with E-state index in [1.807, 2.05) is 18.2 Å². The van der Waals surface area contributed by atoms with Crippen molar-refractivity contribution < 1.29 is 9.53 Å². The fourth-order valence-corrected chi connectivity index (χ4v) is 3.21. The van der Waals surface area contributed by atoms with Gasteiger partial charge < -0.3 is 15.4 Å². The molecule has 0 bridgehead atoms. The SMILES string of the molecule is COc1ccc(Br)cc1NC(=O)CC(C)C1CCNCC1. The molecule has 1 heterocycles. The van der Waals surface area contributed by atoms with Crippen LogP contribution in [0.25, 0.3) is 0 Å². The molecule has 1 unspecified atom stereocenters. The van der Waals surface area contributed by atoms with Crippen LogP contribution in [0, 0.1) is 11.8 Å². The lowest BCUT2D eigenvalue weighted by Gasteiger charge is -2.28. The van der Waals surface area contributed by atoms with E-state index in [1.165, 1.54) is 0 Å². The zero-order chi connectivity index (χ0) is 15.2. The van der Waals surface area contributed by atoms with E-state index in [0.29, 0.717) is 24.0 Å². The third-order valence-electron chi connectivity index (χ3n) is 4.13. The van der Waals surface area contributed by atoms with E-state index < -0.39 is 0 Å². The van der Waals surface area contributed by atoms with Crippen molar-refractivity contribution >= 4 is 27.5 Å². The number of piperidine rings is 1. The van der Waals surface area contributed by atoms with Crippen molar-refractivity contribution in [3.63, 3.8) is 0 Å². The summed E-state index contributed by atoms with van der Waals surface area (Å²) in [6, 6.07) is 5.61. The van der Waals surface area contributed by atoms with Gasteiger partial charge in [-0.15, -0.1) is 0 Å². The smallest absolute Gasteiger partial charge is 0.224 e. The first-order valence-corrected chi connectivity index (χ1v) is 8.23. The summed E-state index contributed by atoms with van der Waals surface area (Å²) in [5, 5.41) is 6.32. The van der Waals surface area contributed by atoms with Gasteiger partial charge in [0.05, 0.1) is 12.8 Å². The number of nitrogens with one attached hydrogen (secondary N) is 2. The number of methoxy groups -OCH3 is 1. The predicted octanol–water partition coefficient (Wildman–Crippen LogP) is 3.42. The maximum atomic E-state index is 12.2. The van der Waals surface area contributed by atoms with E-state index in [-0.39, 0.29) is 5.91 Å². The zero-order valence-corrected chi connectivity index (χ0v) is 14.2. The maximum Gasteiger partial charge on any atom is 0.224 e. The highest BCUT2D eigenvalue weighted by molar-refractivity contribution is 9.10. The third kappa shape index (κ3) is 4.71. The standard InChI is InChI=1S/C16H23BrN2O2/c1-11(12-5-7-18-8-6-12)9-16(20)19-14-10-13(17)3-4-15(14)21-2/h3-4,10-12,18H,5-9H2,1-2H3,(H,19,20). The van der Waals surface area contributed by atoms with Gasteiger partial charge in [-0.3, -0.25) is 4.79 Å². The van der Waals surface area contributed by atoms with Crippen LogP contribution < -0.4 is 15.4 Å². The number of benzene rings is 1. The molecule has 116 valence electrons. The van der Waals surface area contributed by atoms with E-state index in [4.69, 9.17) is 4.74 Å². The van der Waals surface area contributed by atoms with Crippen molar-refractivity contribution in [1.82, 2.24) is 5.32 Å². The number of carbonyl (C=O) groups is 1. The molecule has 21 heavy (non-hydrogen) atoms. The molecule has 0 radical (unpaired) electrons. The van der Waals surface area contributed by atoms with E-state index in [1.54, 1.807) is 7.11 Å². The lowest BCUT2D eigenvalue weighted by molar-refractivity contribution is -0.117. The second-order valence-electron chi connectivity index (χ2n) is 5.66. The van der Waals surface area contributed by atoms with Crippen LogP contribution in [0.4, 0.5) is 5.69 Å². The number of ether oxygens (including phenoxy) is 1. The highest BCUT2D eigenvalue weighted by atomic mass is 79.9.